The first-order valence-electron chi connectivity index (χ1n) is 8.12. The van der Waals surface area contributed by atoms with Crippen molar-refractivity contribution >= 4 is 5.97 Å². The van der Waals surface area contributed by atoms with E-state index in [4.69, 9.17) is 9.47 Å². The third-order valence-corrected chi connectivity index (χ3v) is 4.23. The number of esters is 1. The van der Waals surface area contributed by atoms with Crippen LogP contribution in [0.4, 0.5) is 0 Å². The fourth-order valence-electron chi connectivity index (χ4n) is 3.18. The van der Waals surface area contributed by atoms with Crippen LogP contribution in [0.5, 0.6) is 0 Å². The van der Waals surface area contributed by atoms with Crippen molar-refractivity contribution in [3.05, 3.63) is 12.7 Å². The summed E-state index contributed by atoms with van der Waals surface area (Å²) in [6, 6.07) is 0. The minimum atomic E-state index is -0.467. The minimum Gasteiger partial charge on any atom is -0.466 e. The molecule has 3 nitrogen and oxygen atoms in total. The molecule has 1 saturated carbocycles. The van der Waals surface area contributed by atoms with Gasteiger partial charge in [0.1, 0.15) is 5.60 Å². The third kappa shape index (κ3) is 3.85. The highest BCUT2D eigenvalue weighted by Gasteiger charge is 2.67. The molecule has 0 radical (unpaired) electrons. The lowest BCUT2D eigenvalue weighted by Gasteiger charge is -2.13. The molecule has 1 aliphatic rings. The number of carbonyl (C=O) groups is 1. The largest absolute Gasteiger partial charge is 0.466 e. The molecular formula is C17H30O3. The second kappa shape index (κ2) is 8.46. The lowest BCUT2D eigenvalue weighted by atomic mass is 10.1. The number of rotatable bonds is 11. The predicted molar refractivity (Wildman–Crippen MR) is 81.5 cm³/mol. The minimum absolute atomic E-state index is 0.126. The highest BCUT2D eigenvalue weighted by atomic mass is 16.5. The maximum absolute atomic E-state index is 12.1. The van der Waals surface area contributed by atoms with Crippen LogP contribution in [0.1, 0.15) is 59.3 Å². The van der Waals surface area contributed by atoms with Gasteiger partial charge < -0.3 is 9.47 Å². The molecule has 0 saturated heterocycles. The quantitative estimate of drug-likeness (QED) is 0.325. The van der Waals surface area contributed by atoms with Gasteiger partial charge in [-0.3, -0.25) is 4.79 Å². The van der Waals surface area contributed by atoms with Crippen molar-refractivity contribution in [3.8, 4) is 0 Å². The summed E-state index contributed by atoms with van der Waals surface area (Å²) in [4.78, 5) is 12.1. The summed E-state index contributed by atoms with van der Waals surface area (Å²) >= 11 is 0. The molecule has 0 aromatic rings. The standard InChI is InChI=1S/C17H30O3/c1-5-9-10-11-12-13-14-15(16(18)19-7-3)17(14,6-2)20-8-4/h6,14-15H,2,5,7-13H2,1,3-4H3/t14-,15+,17+/m1/s1. The van der Waals surface area contributed by atoms with Crippen molar-refractivity contribution < 1.29 is 14.3 Å². The van der Waals surface area contributed by atoms with Crippen LogP contribution in [0.15, 0.2) is 12.7 Å². The zero-order valence-corrected chi connectivity index (χ0v) is 13.3. The monoisotopic (exact) mass is 282 g/mol. The van der Waals surface area contributed by atoms with Crippen molar-refractivity contribution in [3.63, 3.8) is 0 Å². The van der Waals surface area contributed by atoms with Crippen LogP contribution in [0.3, 0.4) is 0 Å². The molecule has 0 spiro atoms. The van der Waals surface area contributed by atoms with Gasteiger partial charge in [-0.1, -0.05) is 45.1 Å². The number of ether oxygens (including phenoxy) is 2. The fraction of sp³-hybridized carbons (Fsp3) is 0.824. The van der Waals surface area contributed by atoms with Crippen LogP contribution < -0.4 is 0 Å². The Morgan fingerprint density at radius 1 is 1.15 bits per heavy atom. The van der Waals surface area contributed by atoms with Crippen molar-refractivity contribution in [1.29, 1.82) is 0 Å². The zero-order valence-electron chi connectivity index (χ0n) is 13.3. The van der Waals surface area contributed by atoms with Crippen molar-refractivity contribution in [1.82, 2.24) is 0 Å². The summed E-state index contributed by atoms with van der Waals surface area (Å²) in [5, 5.41) is 0. The third-order valence-electron chi connectivity index (χ3n) is 4.23. The van der Waals surface area contributed by atoms with E-state index in [0.29, 0.717) is 13.2 Å². The number of unbranched alkanes of at least 4 members (excludes halogenated alkanes) is 4. The van der Waals surface area contributed by atoms with Crippen molar-refractivity contribution in [2.75, 3.05) is 13.2 Å². The smallest absolute Gasteiger partial charge is 0.312 e. The lowest BCUT2D eigenvalue weighted by Crippen LogP contribution is -2.20. The molecule has 1 fully saturated rings. The summed E-state index contributed by atoms with van der Waals surface area (Å²) in [7, 11) is 0. The first-order chi connectivity index (χ1) is 9.67. The fourth-order valence-corrected chi connectivity index (χ4v) is 3.18. The van der Waals surface area contributed by atoms with E-state index in [9.17, 15) is 4.79 Å². The van der Waals surface area contributed by atoms with Crippen LogP contribution in [0, 0.1) is 11.8 Å². The van der Waals surface area contributed by atoms with Gasteiger partial charge in [0.05, 0.1) is 12.5 Å². The van der Waals surface area contributed by atoms with E-state index in [1.807, 2.05) is 19.9 Å². The van der Waals surface area contributed by atoms with Gasteiger partial charge in [0.25, 0.3) is 0 Å². The summed E-state index contributed by atoms with van der Waals surface area (Å²) in [5.74, 6) is -0.0221. The first-order valence-corrected chi connectivity index (χ1v) is 8.12. The maximum atomic E-state index is 12.1. The number of carbonyl (C=O) groups excluding carboxylic acids is 1. The van der Waals surface area contributed by atoms with E-state index in [1.165, 1.54) is 25.7 Å². The van der Waals surface area contributed by atoms with E-state index in [0.717, 1.165) is 12.8 Å². The molecule has 0 amide bonds. The Morgan fingerprint density at radius 3 is 2.40 bits per heavy atom. The lowest BCUT2D eigenvalue weighted by molar-refractivity contribution is -0.146. The van der Waals surface area contributed by atoms with Crippen LogP contribution in [-0.4, -0.2) is 24.8 Å². The van der Waals surface area contributed by atoms with Crippen LogP contribution in [-0.2, 0) is 14.3 Å². The van der Waals surface area contributed by atoms with E-state index in [2.05, 4.69) is 13.5 Å². The number of hydrogen-bond acceptors (Lipinski definition) is 3. The van der Waals surface area contributed by atoms with Gasteiger partial charge in [0.15, 0.2) is 0 Å². The van der Waals surface area contributed by atoms with Gasteiger partial charge in [0, 0.05) is 12.5 Å². The second-order valence-electron chi connectivity index (χ2n) is 5.53. The number of hydrogen-bond donors (Lipinski definition) is 0. The summed E-state index contributed by atoms with van der Waals surface area (Å²) in [5.41, 5.74) is -0.467. The van der Waals surface area contributed by atoms with Crippen molar-refractivity contribution in [2.24, 2.45) is 11.8 Å². The molecule has 20 heavy (non-hydrogen) atoms. The Balaban J connectivity index is 2.52. The molecule has 3 heteroatoms. The predicted octanol–water partition coefficient (Wildman–Crippen LogP) is 4.12. The van der Waals surface area contributed by atoms with Gasteiger partial charge in [-0.2, -0.15) is 0 Å². The average Bonchev–Trinajstić information content (AvgIpc) is 3.07. The Kier molecular flexibility index (Phi) is 7.28. The molecule has 0 N–H and O–H groups in total. The van der Waals surface area contributed by atoms with Crippen LogP contribution in [0.25, 0.3) is 0 Å². The van der Waals surface area contributed by atoms with Gasteiger partial charge >= 0.3 is 5.97 Å². The van der Waals surface area contributed by atoms with E-state index >= 15 is 0 Å². The zero-order chi connectivity index (χ0) is 15.0. The molecule has 0 bridgehead atoms. The summed E-state index contributed by atoms with van der Waals surface area (Å²) < 4.78 is 11.0. The molecule has 1 aliphatic carbocycles. The molecule has 3 atom stereocenters. The molecule has 0 unspecified atom stereocenters. The Morgan fingerprint density at radius 2 is 1.85 bits per heavy atom. The molecular weight excluding hydrogens is 252 g/mol. The first kappa shape index (κ1) is 17.2. The molecule has 0 aliphatic heterocycles. The molecule has 116 valence electrons. The molecule has 1 rings (SSSR count). The normalized spacial score (nSPS) is 28.1. The van der Waals surface area contributed by atoms with Crippen molar-refractivity contribution in [2.45, 2.75) is 64.9 Å². The van der Waals surface area contributed by atoms with E-state index < -0.39 is 5.60 Å². The topological polar surface area (TPSA) is 35.5 Å². The summed E-state index contributed by atoms with van der Waals surface area (Å²) in [6.07, 6.45) is 9.06. The van der Waals surface area contributed by atoms with Gasteiger partial charge in [0.2, 0.25) is 0 Å². The van der Waals surface area contributed by atoms with Gasteiger partial charge in [-0.05, 0) is 20.3 Å². The van der Waals surface area contributed by atoms with Crippen LogP contribution >= 0.6 is 0 Å². The Labute approximate surface area is 123 Å². The Hall–Kier alpha value is -0.830. The highest BCUT2D eigenvalue weighted by molar-refractivity contribution is 5.79. The molecule has 0 aromatic carbocycles. The Bertz CT molecular complexity index is 313. The second-order valence-corrected chi connectivity index (χ2v) is 5.53. The van der Waals surface area contributed by atoms with E-state index in [-0.39, 0.29) is 17.8 Å². The van der Waals surface area contributed by atoms with E-state index in [1.54, 1.807) is 0 Å². The summed E-state index contributed by atoms with van der Waals surface area (Å²) in [6.45, 7) is 10.9. The maximum Gasteiger partial charge on any atom is 0.312 e. The molecule has 0 heterocycles. The van der Waals surface area contributed by atoms with Gasteiger partial charge in [-0.15, -0.1) is 6.58 Å². The molecule has 0 aromatic heterocycles. The van der Waals surface area contributed by atoms with Gasteiger partial charge in [-0.25, -0.2) is 0 Å². The average molecular weight is 282 g/mol. The SMILES string of the molecule is C=C[C@]1(OCC)[C@H](CCCCCCC)[C@H]1C(=O)OCC. The highest BCUT2D eigenvalue weighted by Crippen LogP contribution is 2.57. The van der Waals surface area contributed by atoms with Crippen LogP contribution in [0.2, 0.25) is 0 Å².